The minimum absolute atomic E-state index is 0.292. The molecule has 0 N–H and O–H groups in total. The Morgan fingerprint density at radius 2 is 2.38 bits per heavy atom. The van der Waals surface area contributed by atoms with Crippen LogP contribution in [0.25, 0.3) is 0 Å². The van der Waals surface area contributed by atoms with E-state index in [2.05, 4.69) is 5.10 Å². The molecule has 0 aliphatic heterocycles. The van der Waals surface area contributed by atoms with Gasteiger partial charge in [0.1, 0.15) is 5.69 Å². The Morgan fingerprint density at radius 3 is 3.00 bits per heavy atom. The number of carbonyl (C=O) groups excluding carboxylic acids is 1. The minimum atomic E-state index is 0.292. The van der Waals surface area contributed by atoms with Crippen LogP contribution in [0.2, 0.25) is 0 Å². The molecule has 0 spiro atoms. The third-order valence-electron chi connectivity index (χ3n) is 4.34. The number of fused-ring (bicyclic) bond motifs is 2. The molecule has 16 heavy (non-hydrogen) atoms. The molecule has 0 amide bonds. The van der Waals surface area contributed by atoms with Crippen LogP contribution in [0.5, 0.6) is 0 Å². The number of carbonyl (C=O) groups is 1. The van der Waals surface area contributed by atoms with Crippen LogP contribution >= 0.6 is 0 Å². The van der Waals surface area contributed by atoms with Crippen LogP contribution in [-0.2, 0) is 6.54 Å². The molecular weight excluding hydrogens is 200 g/mol. The second-order valence-electron chi connectivity index (χ2n) is 5.18. The fourth-order valence-electron chi connectivity index (χ4n) is 3.55. The van der Waals surface area contributed by atoms with Gasteiger partial charge in [-0.15, -0.1) is 0 Å². The number of aromatic nitrogens is 2. The van der Waals surface area contributed by atoms with Crippen LogP contribution in [0.3, 0.4) is 0 Å². The third kappa shape index (κ3) is 1.41. The molecule has 1 aromatic rings. The van der Waals surface area contributed by atoms with Crippen LogP contribution in [-0.4, -0.2) is 15.6 Å². The SMILES string of the molecule is CCn1nccc1C(=O)C1CC2CCC1C2. The van der Waals surface area contributed by atoms with Gasteiger partial charge in [-0.3, -0.25) is 9.48 Å². The van der Waals surface area contributed by atoms with Gasteiger partial charge in [-0.05, 0) is 44.1 Å². The predicted octanol–water partition coefficient (Wildman–Crippen LogP) is 2.52. The highest BCUT2D eigenvalue weighted by Crippen LogP contribution is 2.49. The Labute approximate surface area is 95.8 Å². The Morgan fingerprint density at radius 1 is 1.50 bits per heavy atom. The first-order valence-electron chi connectivity index (χ1n) is 6.35. The van der Waals surface area contributed by atoms with Crippen LogP contribution in [0.4, 0.5) is 0 Å². The maximum Gasteiger partial charge on any atom is 0.184 e. The first kappa shape index (κ1) is 10.1. The Bertz CT molecular complexity index is 410. The molecule has 0 radical (unpaired) electrons. The van der Waals surface area contributed by atoms with Gasteiger partial charge >= 0.3 is 0 Å². The predicted molar refractivity (Wildman–Crippen MR) is 61.2 cm³/mol. The van der Waals surface area contributed by atoms with E-state index in [0.717, 1.165) is 24.6 Å². The summed E-state index contributed by atoms with van der Waals surface area (Å²) in [6, 6.07) is 1.87. The van der Waals surface area contributed by atoms with Crippen molar-refractivity contribution in [2.75, 3.05) is 0 Å². The van der Waals surface area contributed by atoms with Crippen molar-refractivity contribution in [1.82, 2.24) is 9.78 Å². The molecule has 2 saturated carbocycles. The summed E-state index contributed by atoms with van der Waals surface area (Å²) < 4.78 is 1.83. The normalized spacial score (nSPS) is 32.2. The number of ketones is 1. The van der Waals surface area contributed by atoms with E-state index < -0.39 is 0 Å². The maximum absolute atomic E-state index is 12.4. The first-order valence-corrected chi connectivity index (χ1v) is 6.35. The quantitative estimate of drug-likeness (QED) is 0.731. The van der Waals surface area contributed by atoms with Gasteiger partial charge in [0, 0.05) is 18.7 Å². The van der Waals surface area contributed by atoms with Crippen molar-refractivity contribution in [3.8, 4) is 0 Å². The van der Waals surface area contributed by atoms with Gasteiger partial charge in [0.2, 0.25) is 0 Å². The molecule has 2 bridgehead atoms. The zero-order valence-electron chi connectivity index (χ0n) is 9.72. The maximum atomic E-state index is 12.4. The number of hydrogen-bond donors (Lipinski definition) is 0. The fraction of sp³-hybridized carbons (Fsp3) is 0.692. The molecule has 1 aromatic heterocycles. The van der Waals surface area contributed by atoms with E-state index in [0.29, 0.717) is 17.6 Å². The van der Waals surface area contributed by atoms with Crippen molar-refractivity contribution in [3.05, 3.63) is 18.0 Å². The Hall–Kier alpha value is -1.12. The lowest BCUT2D eigenvalue weighted by atomic mass is 9.84. The van der Waals surface area contributed by atoms with E-state index >= 15 is 0 Å². The molecule has 2 aliphatic carbocycles. The molecule has 1 heterocycles. The molecule has 3 rings (SSSR count). The lowest BCUT2D eigenvalue weighted by Gasteiger charge is -2.20. The average molecular weight is 218 g/mol. The lowest BCUT2D eigenvalue weighted by Crippen LogP contribution is -2.23. The zero-order valence-corrected chi connectivity index (χ0v) is 9.72. The molecule has 0 saturated heterocycles. The third-order valence-corrected chi connectivity index (χ3v) is 4.34. The molecule has 2 fully saturated rings. The van der Waals surface area contributed by atoms with E-state index in [9.17, 15) is 4.79 Å². The topological polar surface area (TPSA) is 34.9 Å². The van der Waals surface area contributed by atoms with Crippen molar-refractivity contribution >= 4 is 5.78 Å². The standard InChI is InChI=1S/C13H18N2O/c1-2-15-12(5-6-14-15)13(16)11-8-9-3-4-10(11)7-9/h5-6,9-11H,2-4,7-8H2,1H3. The molecule has 2 aliphatic rings. The Kier molecular flexibility index (Phi) is 2.34. The number of aryl methyl sites for hydroxylation is 1. The van der Waals surface area contributed by atoms with Crippen LogP contribution < -0.4 is 0 Å². The van der Waals surface area contributed by atoms with Gasteiger partial charge in [-0.2, -0.15) is 5.10 Å². The fourth-order valence-corrected chi connectivity index (χ4v) is 3.55. The van der Waals surface area contributed by atoms with Crippen molar-refractivity contribution in [3.63, 3.8) is 0 Å². The summed E-state index contributed by atoms with van der Waals surface area (Å²) in [6.45, 7) is 2.82. The average Bonchev–Trinajstić information content (AvgIpc) is 3.02. The number of hydrogen-bond acceptors (Lipinski definition) is 2. The summed E-state index contributed by atoms with van der Waals surface area (Å²) in [5.74, 6) is 2.13. The van der Waals surface area contributed by atoms with E-state index in [1.54, 1.807) is 6.20 Å². The largest absolute Gasteiger partial charge is 0.292 e. The highest BCUT2D eigenvalue weighted by atomic mass is 16.1. The van der Waals surface area contributed by atoms with E-state index in [-0.39, 0.29) is 0 Å². The number of rotatable bonds is 3. The van der Waals surface area contributed by atoms with E-state index in [1.807, 2.05) is 17.7 Å². The van der Waals surface area contributed by atoms with Crippen molar-refractivity contribution in [2.45, 2.75) is 39.2 Å². The highest BCUT2D eigenvalue weighted by Gasteiger charge is 2.43. The van der Waals surface area contributed by atoms with Crippen LogP contribution in [0, 0.1) is 17.8 Å². The van der Waals surface area contributed by atoms with Crippen LogP contribution in [0.15, 0.2) is 12.3 Å². The molecule has 0 aromatic carbocycles. The number of Topliss-reactive ketones (excluding diaryl/α,β-unsaturated/α-hetero) is 1. The first-order chi connectivity index (χ1) is 7.79. The minimum Gasteiger partial charge on any atom is -0.292 e. The van der Waals surface area contributed by atoms with Gasteiger partial charge < -0.3 is 0 Å². The molecule has 86 valence electrons. The van der Waals surface area contributed by atoms with Crippen molar-refractivity contribution < 1.29 is 4.79 Å². The van der Waals surface area contributed by atoms with Gasteiger partial charge in [-0.1, -0.05) is 6.42 Å². The molecule has 3 heteroatoms. The molecule has 3 atom stereocenters. The summed E-state index contributed by atoms with van der Waals surface area (Å²) in [4.78, 5) is 12.4. The summed E-state index contributed by atoms with van der Waals surface area (Å²) in [6.07, 6.45) is 6.77. The molecule has 3 nitrogen and oxygen atoms in total. The molecule has 3 unspecified atom stereocenters. The zero-order chi connectivity index (χ0) is 11.1. The lowest BCUT2D eigenvalue weighted by molar-refractivity contribution is 0.0863. The summed E-state index contributed by atoms with van der Waals surface area (Å²) in [7, 11) is 0. The van der Waals surface area contributed by atoms with Gasteiger partial charge in [0.15, 0.2) is 5.78 Å². The highest BCUT2D eigenvalue weighted by molar-refractivity contribution is 5.96. The molecular formula is C13H18N2O. The second-order valence-corrected chi connectivity index (χ2v) is 5.18. The summed E-state index contributed by atoms with van der Waals surface area (Å²) in [5, 5.41) is 4.19. The van der Waals surface area contributed by atoms with Crippen molar-refractivity contribution in [2.24, 2.45) is 17.8 Å². The summed E-state index contributed by atoms with van der Waals surface area (Å²) >= 11 is 0. The van der Waals surface area contributed by atoms with Gasteiger partial charge in [-0.25, -0.2) is 0 Å². The Balaban J connectivity index is 1.83. The van der Waals surface area contributed by atoms with Gasteiger partial charge in [0.05, 0.1) is 0 Å². The van der Waals surface area contributed by atoms with Crippen molar-refractivity contribution in [1.29, 1.82) is 0 Å². The van der Waals surface area contributed by atoms with E-state index in [4.69, 9.17) is 0 Å². The smallest absolute Gasteiger partial charge is 0.184 e. The van der Waals surface area contributed by atoms with Crippen LogP contribution in [0.1, 0.15) is 43.1 Å². The van der Waals surface area contributed by atoms with Gasteiger partial charge in [0.25, 0.3) is 0 Å². The van der Waals surface area contributed by atoms with E-state index in [1.165, 1.54) is 19.3 Å². The number of nitrogens with zero attached hydrogens (tertiary/aromatic N) is 2. The second kappa shape index (κ2) is 3.72. The summed E-state index contributed by atoms with van der Waals surface area (Å²) in [5.41, 5.74) is 0.819. The monoisotopic (exact) mass is 218 g/mol.